The highest BCUT2D eigenvalue weighted by Gasteiger charge is 2.71. The molecule has 0 spiro atoms. The lowest BCUT2D eigenvalue weighted by atomic mass is 9.46. The molecular formula is C22H28ClFO4. The van der Waals surface area contributed by atoms with Gasteiger partial charge in [-0.05, 0) is 60.2 Å². The van der Waals surface area contributed by atoms with Crippen LogP contribution in [0.5, 0.6) is 0 Å². The number of carbonyl (C=O) groups excluding carboxylic acids is 2. The van der Waals surface area contributed by atoms with Crippen molar-refractivity contribution >= 4 is 23.2 Å². The van der Waals surface area contributed by atoms with Gasteiger partial charge in [0.2, 0.25) is 0 Å². The molecule has 0 bridgehead atoms. The first-order valence-electron chi connectivity index (χ1n) is 10.1. The normalized spacial score (nSPS) is 52.5. The van der Waals surface area contributed by atoms with E-state index in [0.717, 1.165) is 0 Å². The van der Waals surface area contributed by atoms with Gasteiger partial charge in [-0.2, -0.15) is 0 Å². The van der Waals surface area contributed by atoms with Crippen LogP contribution in [0.4, 0.5) is 4.39 Å². The number of alkyl halides is 2. The Morgan fingerprint density at radius 3 is 2.64 bits per heavy atom. The lowest BCUT2D eigenvalue weighted by molar-refractivity contribution is -0.140. The van der Waals surface area contributed by atoms with Crippen LogP contribution in [0, 0.1) is 34.5 Å². The number of halogens is 2. The highest BCUT2D eigenvalue weighted by atomic mass is 35.5. The molecule has 154 valence electrons. The fourth-order valence-corrected chi connectivity index (χ4v) is 7.85. The molecular weight excluding hydrogens is 383 g/mol. The van der Waals surface area contributed by atoms with Crippen LogP contribution in [0.15, 0.2) is 23.8 Å². The number of aliphatic hydroxyl groups excluding tert-OH is 2. The number of ketones is 2. The molecule has 9 atom stereocenters. The lowest BCUT2D eigenvalue weighted by Gasteiger charge is -2.63. The van der Waals surface area contributed by atoms with Crippen molar-refractivity contribution < 1.29 is 24.2 Å². The van der Waals surface area contributed by atoms with E-state index >= 15 is 4.39 Å². The van der Waals surface area contributed by atoms with Gasteiger partial charge in [0.15, 0.2) is 11.6 Å². The minimum atomic E-state index is -1.31. The van der Waals surface area contributed by atoms with Gasteiger partial charge in [-0.25, -0.2) is 4.39 Å². The van der Waals surface area contributed by atoms with E-state index in [1.165, 1.54) is 12.2 Å². The Balaban J connectivity index is 1.84. The molecule has 28 heavy (non-hydrogen) atoms. The van der Waals surface area contributed by atoms with Gasteiger partial charge in [0.25, 0.3) is 0 Å². The standard InChI is InChI=1S/C22H28ClFO4/c1-11-6-13-14-8-16(24)15-7-12(26)4-5-21(15,3)22(14,23)18(28)9-20(13,2)19(11)17(27)10-25/h4-5,7,11,13-14,16,18-19,25,28H,6,8-10H2,1-3H3/t11?,13?,14?,16?,18?,19?,20-,21-,22-/m0/s1. The van der Waals surface area contributed by atoms with Crippen LogP contribution in [0.2, 0.25) is 0 Å². The van der Waals surface area contributed by atoms with Crippen LogP contribution in [-0.4, -0.2) is 45.5 Å². The monoisotopic (exact) mass is 410 g/mol. The van der Waals surface area contributed by atoms with Crippen LogP contribution in [0.1, 0.15) is 40.0 Å². The van der Waals surface area contributed by atoms with E-state index in [0.29, 0.717) is 18.4 Å². The van der Waals surface area contributed by atoms with Gasteiger partial charge < -0.3 is 10.2 Å². The first-order valence-corrected chi connectivity index (χ1v) is 10.5. The average Bonchev–Trinajstić information content (AvgIpc) is 2.89. The number of Topliss-reactive ketones (excluding diaryl/α,β-unsaturated/α-hetero) is 1. The van der Waals surface area contributed by atoms with Crippen molar-refractivity contribution in [2.24, 2.45) is 34.5 Å². The molecule has 0 radical (unpaired) electrons. The van der Waals surface area contributed by atoms with Gasteiger partial charge in [0.05, 0.1) is 11.0 Å². The fraction of sp³-hybridized carbons (Fsp3) is 0.727. The summed E-state index contributed by atoms with van der Waals surface area (Å²) >= 11 is 7.24. The smallest absolute Gasteiger partial charge is 0.178 e. The molecule has 6 unspecified atom stereocenters. The fourth-order valence-electron chi connectivity index (χ4n) is 7.36. The minimum Gasteiger partial charge on any atom is -0.391 e. The molecule has 4 aliphatic carbocycles. The molecule has 6 heteroatoms. The van der Waals surface area contributed by atoms with Crippen LogP contribution < -0.4 is 0 Å². The topological polar surface area (TPSA) is 74.6 Å². The van der Waals surface area contributed by atoms with Crippen molar-refractivity contribution in [2.75, 3.05) is 6.61 Å². The third-order valence-corrected chi connectivity index (χ3v) is 9.40. The quantitative estimate of drug-likeness (QED) is 0.686. The molecule has 0 aromatic heterocycles. The van der Waals surface area contributed by atoms with Gasteiger partial charge in [-0.3, -0.25) is 9.59 Å². The Hall–Kier alpha value is -1.04. The summed E-state index contributed by atoms with van der Waals surface area (Å²) in [7, 11) is 0. The molecule has 0 aromatic rings. The number of hydrogen-bond acceptors (Lipinski definition) is 4. The number of allylic oxidation sites excluding steroid dienone is 4. The van der Waals surface area contributed by atoms with Crippen molar-refractivity contribution in [2.45, 2.75) is 57.2 Å². The highest BCUT2D eigenvalue weighted by molar-refractivity contribution is 6.26. The maximum Gasteiger partial charge on any atom is 0.178 e. The van der Waals surface area contributed by atoms with E-state index in [1.807, 2.05) is 20.8 Å². The maximum absolute atomic E-state index is 15.3. The van der Waals surface area contributed by atoms with Crippen molar-refractivity contribution in [1.82, 2.24) is 0 Å². The van der Waals surface area contributed by atoms with E-state index in [1.54, 1.807) is 6.08 Å². The molecule has 4 nitrogen and oxygen atoms in total. The summed E-state index contributed by atoms with van der Waals surface area (Å²) in [5.41, 5.74) is -1.15. The number of fused-ring (bicyclic) bond motifs is 5. The van der Waals surface area contributed by atoms with E-state index in [2.05, 4.69) is 0 Å². The van der Waals surface area contributed by atoms with Gasteiger partial charge in [0.1, 0.15) is 12.8 Å². The summed E-state index contributed by atoms with van der Waals surface area (Å²) in [6.45, 7) is 5.27. The summed E-state index contributed by atoms with van der Waals surface area (Å²) in [5.74, 6) is -1.18. The van der Waals surface area contributed by atoms with Crippen molar-refractivity contribution in [1.29, 1.82) is 0 Å². The van der Waals surface area contributed by atoms with Gasteiger partial charge >= 0.3 is 0 Å². The Bertz CT molecular complexity index is 793. The predicted octanol–water partition coefficient (Wildman–Crippen LogP) is 3.00. The van der Waals surface area contributed by atoms with Crippen molar-refractivity contribution in [3.05, 3.63) is 23.8 Å². The second kappa shape index (κ2) is 6.23. The second-order valence-corrected chi connectivity index (χ2v) is 10.4. The first-order chi connectivity index (χ1) is 13.0. The molecule has 0 aliphatic heterocycles. The number of aliphatic hydroxyl groups is 2. The zero-order valence-corrected chi connectivity index (χ0v) is 17.2. The predicted molar refractivity (Wildman–Crippen MR) is 104 cm³/mol. The van der Waals surface area contributed by atoms with Crippen LogP contribution in [0.3, 0.4) is 0 Å². The summed E-state index contributed by atoms with van der Waals surface area (Å²) in [5, 5.41) is 20.8. The molecule has 0 heterocycles. The highest BCUT2D eigenvalue weighted by Crippen LogP contribution is 2.70. The average molecular weight is 411 g/mol. The van der Waals surface area contributed by atoms with Gasteiger partial charge in [0, 0.05) is 11.3 Å². The van der Waals surface area contributed by atoms with Crippen molar-refractivity contribution in [3.63, 3.8) is 0 Å². The van der Waals surface area contributed by atoms with Gasteiger partial charge in [-0.1, -0.05) is 26.8 Å². The largest absolute Gasteiger partial charge is 0.391 e. The number of carbonyl (C=O) groups is 2. The third kappa shape index (κ3) is 2.30. The Kier molecular flexibility index (Phi) is 4.50. The van der Waals surface area contributed by atoms with E-state index in [9.17, 15) is 19.8 Å². The number of hydrogen-bond donors (Lipinski definition) is 2. The lowest BCUT2D eigenvalue weighted by Crippen LogP contribution is -2.67. The molecule has 0 amide bonds. The summed E-state index contributed by atoms with van der Waals surface area (Å²) in [6, 6.07) is 0. The van der Waals surface area contributed by atoms with Crippen LogP contribution >= 0.6 is 11.6 Å². The minimum absolute atomic E-state index is 0.0344. The molecule has 3 fully saturated rings. The molecule has 4 rings (SSSR count). The van der Waals surface area contributed by atoms with Crippen LogP contribution in [0.25, 0.3) is 0 Å². The summed E-state index contributed by atoms with van der Waals surface area (Å²) in [6.07, 6.45) is 3.31. The Labute approximate surface area is 169 Å². The molecule has 4 aliphatic rings. The Morgan fingerprint density at radius 2 is 2.00 bits per heavy atom. The molecule has 0 saturated heterocycles. The van der Waals surface area contributed by atoms with E-state index < -0.39 is 34.6 Å². The summed E-state index contributed by atoms with van der Waals surface area (Å²) in [4.78, 5) is 23.3. The molecule has 2 N–H and O–H groups in total. The zero-order valence-electron chi connectivity index (χ0n) is 16.5. The van der Waals surface area contributed by atoms with Gasteiger partial charge in [-0.15, -0.1) is 11.6 Å². The molecule has 0 aromatic carbocycles. The SMILES string of the molecule is CC1CC2C3CC(F)C4=CC(=O)C=C[C@]4(C)[C@@]3(Cl)C(O)C[C@]2(C)C1C(=O)CO. The van der Waals surface area contributed by atoms with E-state index in [-0.39, 0.29) is 41.7 Å². The first kappa shape index (κ1) is 20.2. The Morgan fingerprint density at radius 1 is 1.32 bits per heavy atom. The van der Waals surface area contributed by atoms with Crippen LogP contribution in [-0.2, 0) is 9.59 Å². The van der Waals surface area contributed by atoms with E-state index in [4.69, 9.17) is 11.6 Å². The molecule has 3 saturated carbocycles. The maximum atomic E-state index is 15.3. The van der Waals surface area contributed by atoms with Crippen molar-refractivity contribution in [3.8, 4) is 0 Å². The summed E-state index contributed by atoms with van der Waals surface area (Å²) < 4.78 is 15.3. The second-order valence-electron chi connectivity index (χ2n) is 9.76. The number of rotatable bonds is 2. The zero-order chi connectivity index (χ0) is 20.6. The third-order valence-electron chi connectivity index (χ3n) is 8.47.